The third-order valence-electron chi connectivity index (χ3n) is 1.79. The summed E-state index contributed by atoms with van der Waals surface area (Å²) in [6, 6.07) is 0.433. The molecule has 0 aliphatic carbocycles. The minimum atomic E-state index is 0. The molecule has 1 unspecified atom stereocenters. The van der Waals surface area contributed by atoms with Gasteiger partial charge in [-0.15, -0.1) is 19.0 Å². The van der Waals surface area contributed by atoms with Crippen LogP contribution in [0.25, 0.3) is 0 Å². The van der Waals surface area contributed by atoms with Crippen molar-refractivity contribution in [1.82, 2.24) is 5.32 Å². The van der Waals surface area contributed by atoms with E-state index in [1.807, 2.05) is 18.7 Å². The van der Waals surface area contributed by atoms with Crippen LogP contribution in [0.2, 0.25) is 0 Å². The highest BCUT2D eigenvalue weighted by atomic mass is 35.5. The van der Waals surface area contributed by atoms with E-state index in [-0.39, 0.29) is 12.4 Å². The van der Waals surface area contributed by atoms with E-state index in [9.17, 15) is 0 Å². The van der Waals surface area contributed by atoms with E-state index >= 15 is 0 Å². The topological polar surface area (TPSA) is 35.9 Å². The van der Waals surface area contributed by atoms with Crippen molar-refractivity contribution in [3.63, 3.8) is 0 Å². The summed E-state index contributed by atoms with van der Waals surface area (Å²) in [5.74, 6) is 2.87. The average molecular weight is 221 g/mol. The normalized spacial score (nSPS) is 22.5. The second-order valence-electron chi connectivity index (χ2n) is 3.31. The van der Waals surface area contributed by atoms with E-state index in [4.69, 9.17) is 5.41 Å². The number of nitrogens with one attached hydrogen (secondary N) is 2. The molecule has 1 atom stereocenters. The molecule has 0 bridgehead atoms. The number of rotatable bonds is 2. The molecule has 76 valence electrons. The van der Waals surface area contributed by atoms with Crippen molar-refractivity contribution in [1.29, 1.82) is 5.41 Å². The molecule has 0 amide bonds. The van der Waals surface area contributed by atoms with Crippen LogP contribution in [0.3, 0.4) is 0 Å². The summed E-state index contributed by atoms with van der Waals surface area (Å²) in [6.07, 6.45) is 1.88. The van der Waals surface area contributed by atoms with Gasteiger partial charge in [0.1, 0.15) is 0 Å². The molecule has 1 fully saturated rings. The summed E-state index contributed by atoms with van der Waals surface area (Å²) in [6.45, 7) is 5.93. The molecule has 1 aliphatic heterocycles. The minimum Gasteiger partial charge on any atom is -0.370 e. The maximum absolute atomic E-state index is 7.55. The van der Waals surface area contributed by atoms with E-state index in [2.05, 4.69) is 11.9 Å². The number of halogens is 1. The fraction of sp³-hybridized carbons (Fsp3) is 0.667. The zero-order valence-corrected chi connectivity index (χ0v) is 9.56. The Morgan fingerprint density at radius 3 is 3.08 bits per heavy atom. The molecular weight excluding hydrogens is 204 g/mol. The fourth-order valence-electron chi connectivity index (χ4n) is 1.29. The van der Waals surface area contributed by atoms with Crippen LogP contribution in [0.5, 0.6) is 0 Å². The lowest BCUT2D eigenvalue weighted by Crippen LogP contribution is -2.34. The van der Waals surface area contributed by atoms with Crippen molar-refractivity contribution in [3.05, 3.63) is 12.2 Å². The van der Waals surface area contributed by atoms with Crippen LogP contribution < -0.4 is 5.32 Å². The molecule has 0 aromatic heterocycles. The van der Waals surface area contributed by atoms with Gasteiger partial charge in [0, 0.05) is 24.0 Å². The monoisotopic (exact) mass is 220 g/mol. The first-order valence-corrected chi connectivity index (χ1v) is 5.40. The first kappa shape index (κ1) is 12.8. The fourth-order valence-corrected chi connectivity index (χ4v) is 2.29. The van der Waals surface area contributed by atoms with Gasteiger partial charge >= 0.3 is 0 Å². The van der Waals surface area contributed by atoms with Crippen molar-refractivity contribution in [2.24, 2.45) is 0 Å². The second kappa shape index (κ2) is 6.33. The van der Waals surface area contributed by atoms with Crippen LogP contribution in [-0.4, -0.2) is 23.4 Å². The van der Waals surface area contributed by atoms with Crippen molar-refractivity contribution < 1.29 is 0 Å². The lowest BCUT2D eigenvalue weighted by atomic mass is 10.1. The lowest BCUT2D eigenvalue weighted by Gasteiger charge is -2.15. The van der Waals surface area contributed by atoms with Crippen molar-refractivity contribution in [3.8, 4) is 0 Å². The summed E-state index contributed by atoms with van der Waals surface area (Å²) in [7, 11) is 0. The molecule has 4 heteroatoms. The summed E-state index contributed by atoms with van der Waals surface area (Å²) in [5, 5.41) is 10.8. The molecular formula is C9H17ClN2S. The molecule has 13 heavy (non-hydrogen) atoms. The molecule has 0 aromatic rings. The van der Waals surface area contributed by atoms with Gasteiger partial charge < -0.3 is 5.32 Å². The summed E-state index contributed by atoms with van der Waals surface area (Å²) < 4.78 is 0. The van der Waals surface area contributed by atoms with E-state index < -0.39 is 0 Å². The minimum absolute atomic E-state index is 0. The van der Waals surface area contributed by atoms with Gasteiger partial charge in [0.2, 0.25) is 0 Å². The van der Waals surface area contributed by atoms with Crippen LogP contribution >= 0.6 is 24.2 Å². The first-order valence-electron chi connectivity index (χ1n) is 4.24. The van der Waals surface area contributed by atoms with Crippen LogP contribution in [0, 0.1) is 5.41 Å². The Bertz CT molecular complexity index is 194. The van der Waals surface area contributed by atoms with Crippen LogP contribution in [0.15, 0.2) is 12.2 Å². The Labute approximate surface area is 90.5 Å². The largest absolute Gasteiger partial charge is 0.370 e. The van der Waals surface area contributed by atoms with Crippen LogP contribution in [0.4, 0.5) is 0 Å². The number of hydrogen-bond acceptors (Lipinski definition) is 2. The highest BCUT2D eigenvalue weighted by Crippen LogP contribution is 2.14. The summed E-state index contributed by atoms with van der Waals surface area (Å²) in [5.41, 5.74) is 1.20. The van der Waals surface area contributed by atoms with Gasteiger partial charge in [-0.2, -0.15) is 11.8 Å². The Balaban J connectivity index is 0.00000144. The zero-order chi connectivity index (χ0) is 8.97. The van der Waals surface area contributed by atoms with Gasteiger partial charge in [-0.25, -0.2) is 0 Å². The smallest absolute Gasteiger partial charge is 0.0942 e. The molecule has 0 aromatic carbocycles. The molecule has 1 saturated heterocycles. The standard InChI is InChI=1S/C9H16N2S.ClH/c1-7(2)5-8-6-12-4-3-9(10)11-8;/h8H,1,3-6H2,2H3,(H2,10,11);1H. The van der Waals surface area contributed by atoms with Crippen molar-refractivity contribution in [2.45, 2.75) is 25.8 Å². The molecule has 1 rings (SSSR count). The van der Waals surface area contributed by atoms with Gasteiger partial charge in [0.25, 0.3) is 0 Å². The zero-order valence-electron chi connectivity index (χ0n) is 7.93. The SMILES string of the molecule is C=C(C)CC1CSCCC(=N)N1.Cl. The average Bonchev–Trinajstić information content (AvgIpc) is 2.12. The Hall–Kier alpha value is -0.150. The molecule has 1 aliphatic rings. The first-order chi connectivity index (χ1) is 5.68. The molecule has 2 N–H and O–H groups in total. The summed E-state index contributed by atoms with van der Waals surface area (Å²) in [4.78, 5) is 0. The van der Waals surface area contributed by atoms with Crippen LogP contribution in [-0.2, 0) is 0 Å². The van der Waals surface area contributed by atoms with Crippen molar-refractivity contribution >= 4 is 30.0 Å². The lowest BCUT2D eigenvalue weighted by molar-refractivity contribution is 0.663. The molecule has 2 nitrogen and oxygen atoms in total. The highest BCUT2D eigenvalue weighted by Gasteiger charge is 2.13. The van der Waals surface area contributed by atoms with Gasteiger partial charge in [-0.3, -0.25) is 5.41 Å². The van der Waals surface area contributed by atoms with E-state index in [0.717, 1.165) is 24.3 Å². The van der Waals surface area contributed by atoms with Gasteiger partial charge in [-0.05, 0) is 13.3 Å². The van der Waals surface area contributed by atoms with Gasteiger partial charge in [0.15, 0.2) is 0 Å². The summed E-state index contributed by atoms with van der Waals surface area (Å²) >= 11 is 1.93. The Morgan fingerprint density at radius 2 is 2.46 bits per heavy atom. The predicted molar refractivity (Wildman–Crippen MR) is 63.3 cm³/mol. The molecule has 1 heterocycles. The second-order valence-corrected chi connectivity index (χ2v) is 4.46. The number of hydrogen-bond donors (Lipinski definition) is 2. The van der Waals surface area contributed by atoms with Gasteiger partial charge in [0.05, 0.1) is 5.84 Å². The Kier molecular flexibility index (Phi) is 6.25. The predicted octanol–water partition coefficient (Wildman–Crippen LogP) is 2.45. The molecule has 0 spiro atoms. The highest BCUT2D eigenvalue weighted by molar-refractivity contribution is 7.99. The quantitative estimate of drug-likeness (QED) is 0.702. The van der Waals surface area contributed by atoms with Crippen molar-refractivity contribution in [2.75, 3.05) is 11.5 Å². The Morgan fingerprint density at radius 1 is 1.77 bits per heavy atom. The number of thioether (sulfide) groups is 1. The molecule has 0 saturated carbocycles. The van der Waals surface area contributed by atoms with E-state index in [1.165, 1.54) is 5.57 Å². The van der Waals surface area contributed by atoms with Crippen LogP contribution in [0.1, 0.15) is 19.8 Å². The third-order valence-corrected chi connectivity index (χ3v) is 2.92. The van der Waals surface area contributed by atoms with E-state index in [0.29, 0.717) is 11.9 Å². The third kappa shape index (κ3) is 5.21. The maximum Gasteiger partial charge on any atom is 0.0942 e. The number of amidine groups is 1. The maximum atomic E-state index is 7.55. The van der Waals surface area contributed by atoms with Gasteiger partial charge in [-0.1, -0.05) is 5.57 Å². The van der Waals surface area contributed by atoms with E-state index in [1.54, 1.807) is 0 Å². The molecule has 0 radical (unpaired) electrons.